The third-order valence-electron chi connectivity index (χ3n) is 3.73. The number of nitrogens with zero attached hydrogens (tertiary/aromatic N) is 3. The predicted octanol–water partition coefficient (Wildman–Crippen LogP) is 2.03. The minimum Gasteiger partial charge on any atom is -0.309 e. The molecule has 0 heterocycles. The van der Waals surface area contributed by atoms with E-state index in [1.807, 2.05) is 38.0 Å². The standard InChI is InChI=1S/C17H30FN3O2S/c1-15-8-9-17(16(18)14-15)24(22,23)21(12-6-10-19(2)3)13-7-11-20(4)5/h8-9,14H,6-7,10-13H2,1-5H3. The van der Waals surface area contributed by atoms with Crippen molar-refractivity contribution in [2.75, 3.05) is 54.4 Å². The van der Waals surface area contributed by atoms with Crippen molar-refractivity contribution in [3.8, 4) is 0 Å². The SMILES string of the molecule is Cc1ccc(S(=O)(=O)N(CCCN(C)C)CCCN(C)C)c(F)c1. The van der Waals surface area contributed by atoms with Gasteiger partial charge in [0.05, 0.1) is 0 Å². The Hall–Kier alpha value is -1.02. The quantitative estimate of drug-likeness (QED) is 0.641. The van der Waals surface area contributed by atoms with Crippen molar-refractivity contribution < 1.29 is 12.8 Å². The molecule has 0 fully saturated rings. The van der Waals surface area contributed by atoms with Gasteiger partial charge in [0.1, 0.15) is 10.7 Å². The lowest BCUT2D eigenvalue weighted by Gasteiger charge is -2.24. The van der Waals surface area contributed by atoms with Gasteiger partial charge in [-0.25, -0.2) is 12.8 Å². The molecule has 0 amide bonds. The monoisotopic (exact) mass is 359 g/mol. The van der Waals surface area contributed by atoms with Crippen molar-refractivity contribution in [2.24, 2.45) is 0 Å². The summed E-state index contributed by atoms with van der Waals surface area (Å²) in [5.74, 6) is -0.680. The van der Waals surface area contributed by atoms with Crippen LogP contribution in [0.2, 0.25) is 0 Å². The number of benzene rings is 1. The number of rotatable bonds is 10. The largest absolute Gasteiger partial charge is 0.309 e. The molecule has 0 aliphatic heterocycles. The number of hydrogen-bond acceptors (Lipinski definition) is 4. The minimum absolute atomic E-state index is 0.234. The van der Waals surface area contributed by atoms with Crippen LogP contribution >= 0.6 is 0 Å². The highest BCUT2D eigenvalue weighted by Crippen LogP contribution is 2.21. The molecule has 0 saturated heterocycles. The molecule has 0 saturated carbocycles. The normalized spacial score (nSPS) is 12.5. The molecule has 0 aromatic heterocycles. The maximum atomic E-state index is 14.2. The van der Waals surface area contributed by atoms with Crippen molar-refractivity contribution in [2.45, 2.75) is 24.7 Å². The van der Waals surface area contributed by atoms with Crippen LogP contribution in [0.15, 0.2) is 23.1 Å². The molecule has 1 rings (SSSR count). The van der Waals surface area contributed by atoms with E-state index in [1.54, 1.807) is 13.0 Å². The fourth-order valence-corrected chi connectivity index (χ4v) is 4.00. The molecule has 0 spiro atoms. The maximum absolute atomic E-state index is 14.2. The number of hydrogen-bond donors (Lipinski definition) is 0. The topological polar surface area (TPSA) is 43.9 Å². The molecule has 0 radical (unpaired) electrons. The highest BCUT2D eigenvalue weighted by molar-refractivity contribution is 7.89. The highest BCUT2D eigenvalue weighted by Gasteiger charge is 2.27. The molecular formula is C17H30FN3O2S. The zero-order valence-electron chi connectivity index (χ0n) is 15.4. The molecule has 138 valence electrons. The molecule has 0 N–H and O–H groups in total. The molecule has 1 aromatic carbocycles. The average molecular weight is 360 g/mol. The van der Waals surface area contributed by atoms with Gasteiger partial charge in [-0.05, 0) is 78.7 Å². The van der Waals surface area contributed by atoms with Crippen molar-refractivity contribution in [3.05, 3.63) is 29.6 Å². The maximum Gasteiger partial charge on any atom is 0.245 e. The molecule has 7 heteroatoms. The Bertz CT molecular complexity index is 604. The van der Waals surface area contributed by atoms with E-state index < -0.39 is 15.8 Å². The summed E-state index contributed by atoms with van der Waals surface area (Å²) in [6.07, 6.45) is 1.42. The van der Waals surface area contributed by atoms with Crippen molar-refractivity contribution in [1.29, 1.82) is 0 Å². The molecule has 0 bridgehead atoms. The summed E-state index contributed by atoms with van der Waals surface area (Å²) in [6, 6.07) is 4.27. The fourth-order valence-electron chi connectivity index (χ4n) is 2.43. The summed E-state index contributed by atoms with van der Waals surface area (Å²) in [6.45, 7) is 4.10. The van der Waals surface area contributed by atoms with E-state index >= 15 is 0 Å². The Morgan fingerprint density at radius 3 is 1.83 bits per heavy atom. The zero-order valence-corrected chi connectivity index (χ0v) is 16.2. The molecule has 0 unspecified atom stereocenters. The van der Waals surface area contributed by atoms with Crippen LogP contribution in [0.1, 0.15) is 18.4 Å². The first-order valence-electron chi connectivity index (χ1n) is 8.20. The van der Waals surface area contributed by atoms with Gasteiger partial charge in [0.15, 0.2) is 0 Å². The molecule has 0 atom stereocenters. The van der Waals surface area contributed by atoms with Gasteiger partial charge in [0.2, 0.25) is 10.0 Å². The van der Waals surface area contributed by atoms with Crippen LogP contribution in [0.4, 0.5) is 4.39 Å². The number of halogens is 1. The van der Waals surface area contributed by atoms with Gasteiger partial charge in [0.25, 0.3) is 0 Å². The third-order valence-corrected chi connectivity index (χ3v) is 5.66. The summed E-state index contributed by atoms with van der Waals surface area (Å²) >= 11 is 0. The highest BCUT2D eigenvalue weighted by atomic mass is 32.2. The Labute approximate surface area is 146 Å². The van der Waals surface area contributed by atoms with Gasteiger partial charge >= 0.3 is 0 Å². The zero-order chi connectivity index (χ0) is 18.3. The summed E-state index contributed by atoms with van der Waals surface area (Å²) in [4.78, 5) is 3.79. The molecule has 5 nitrogen and oxygen atoms in total. The van der Waals surface area contributed by atoms with Gasteiger partial charge in [-0.1, -0.05) is 6.07 Å². The summed E-state index contributed by atoms with van der Waals surface area (Å²) in [5.41, 5.74) is 0.707. The Morgan fingerprint density at radius 1 is 0.917 bits per heavy atom. The van der Waals surface area contributed by atoms with Gasteiger partial charge < -0.3 is 9.80 Å². The second-order valence-corrected chi connectivity index (χ2v) is 8.56. The minimum atomic E-state index is -3.82. The van der Waals surface area contributed by atoms with Gasteiger partial charge in [-0.15, -0.1) is 0 Å². The van der Waals surface area contributed by atoms with E-state index in [-0.39, 0.29) is 4.90 Å². The van der Waals surface area contributed by atoms with E-state index in [0.29, 0.717) is 31.5 Å². The summed E-state index contributed by atoms with van der Waals surface area (Å²) < 4.78 is 41.3. The van der Waals surface area contributed by atoms with E-state index in [0.717, 1.165) is 13.1 Å². The Morgan fingerprint density at radius 2 is 1.42 bits per heavy atom. The van der Waals surface area contributed by atoms with Crippen LogP contribution in [0.3, 0.4) is 0 Å². The van der Waals surface area contributed by atoms with E-state index in [2.05, 4.69) is 0 Å². The molecule has 24 heavy (non-hydrogen) atoms. The third kappa shape index (κ3) is 6.47. The van der Waals surface area contributed by atoms with Crippen LogP contribution in [-0.2, 0) is 10.0 Å². The Balaban J connectivity index is 2.96. The van der Waals surface area contributed by atoms with Gasteiger partial charge in [-0.3, -0.25) is 0 Å². The molecule has 0 aliphatic carbocycles. The summed E-state index contributed by atoms with van der Waals surface area (Å²) in [5, 5.41) is 0. The summed E-state index contributed by atoms with van der Waals surface area (Å²) in [7, 11) is 3.97. The van der Waals surface area contributed by atoms with Crippen LogP contribution < -0.4 is 0 Å². The lowest BCUT2D eigenvalue weighted by atomic mass is 10.2. The van der Waals surface area contributed by atoms with Crippen molar-refractivity contribution in [3.63, 3.8) is 0 Å². The van der Waals surface area contributed by atoms with E-state index in [1.165, 1.54) is 16.4 Å². The average Bonchev–Trinajstić information content (AvgIpc) is 2.44. The first-order chi connectivity index (χ1) is 11.1. The smallest absolute Gasteiger partial charge is 0.245 e. The van der Waals surface area contributed by atoms with Crippen LogP contribution in [-0.4, -0.2) is 76.9 Å². The first-order valence-corrected chi connectivity index (χ1v) is 9.64. The lowest BCUT2D eigenvalue weighted by molar-refractivity contribution is 0.326. The second kappa shape index (κ2) is 9.46. The predicted molar refractivity (Wildman–Crippen MR) is 96.2 cm³/mol. The molecular weight excluding hydrogens is 329 g/mol. The molecule has 0 aliphatic rings. The fraction of sp³-hybridized carbons (Fsp3) is 0.647. The van der Waals surface area contributed by atoms with E-state index in [4.69, 9.17) is 0 Å². The van der Waals surface area contributed by atoms with E-state index in [9.17, 15) is 12.8 Å². The lowest BCUT2D eigenvalue weighted by Crippen LogP contribution is -2.36. The van der Waals surface area contributed by atoms with Crippen LogP contribution in [0.25, 0.3) is 0 Å². The van der Waals surface area contributed by atoms with Crippen LogP contribution in [0, 0.1) is 12.7 Å². The number of sulfonamides is 1. The van der Waals surface area contributed by atoms with Gasteiger partial charge in [-0.2, -0.15) is 4.31 Å². The first kappa shape index (κ1) is 21.0. The van der Waals surface area contributed by atoms with Crippen molar-refractivity contribution >= 4 is 10.0 Å². The molecule has 1 aromatic rings. The Kier molecular flexibility index (Phi) is 8.29. The van der Waals surface area contributed by atoms with Gasteiger partial charge in [0, 0.05) is 13.1 Å². The number of aryl methyl sites for hydroxylation is 1. The second-order valence-electron chi connectivity index (χ2n) is 6.65. The van der Waals surface area contributed by atoms with Crippen molar-refractivity contribution in [1.82, 2.24) is 14.1 Å². The van der Waals surface area contributed by atoms with Crippen LogP contribution in [0.5, 0.6) is 0 Å².